The zero-order valence-electron chi connectivity index (χ0n) is 9.40. The van der Waals surface area contributed by atoms with Gasteiger partial charge in [0.25, 0.3) is 0 Å². The molecule has 0 aliphatic heterocycles. The second-order valence-electron chi connectivity index (χ2n) is 3.42. The molecule has 0 spiro atoms. The van der Waals surface area contributed by atoms with Gasteiger partial charge in [0.2, 0.25) is 5.91 Å². The number of pyridine rings is 1. The highest BCUT2D eigenvalue weighted by Gasteiger charge is 2.00. The van der Waals surface area contributed by atoms with Gasteiger partial charge in [-0.3, -0.25) is 4.79 Å². The number of aromatic nitrogens is 1. The number of rotatable bonds is 7. The van der Waals surface area contributed by atoms with Gasteiger partial charge in [0.05, 0.1) is 5.56 Å². The summed E-state index contributed by atoms with van der Waals surface area (Å²) in [4.78, 5) is 14.9. The Kier molecular flexibility index (Phi) is 5.71. The number of carbonyl (C=O) groups excluding carboxylic acids is 1. The van der Waals surface area contributed by atoms with Gasteiger partial charge >= 0.3 is 0 Å². The van der Waals surface area contributed by atoms with E-state index in [9.17, 15) is 4.79 Å². The fraction of sp³-hybridized carbons (Fsp3) is 0.455. The van der Waals surface area contributed by atoms with Crippen molar-refractivity contribution in [3.63, 3.8) is 0 Å². The zero-order chi connectivity index (χ0) is 11.8. The highest BCUT2D eigenvalue weighted by Crippen LogP contribution is 2.05. The van der Waals surface area contributed by atoms with E-state index in [1.54, 1.807) is 12.1 Å². The van der Waals surface area contributed by atoms with Crippen LogP contribution in [-0.4, -0.2) is 29.4 Å². The molecule has 1 rings (SSSR count). The van der Waals surface area contributed by atoms with Gasteiger partial charge < -0.3 is 11.1 Å². The molecule has 1 aromatic rings. The number of nitrogens with two attached hydrogens (primary N) is 1. The Labute approximate surface area is 100 Å². The third kappa shape index (κ3) is 4.53. The number of primary amides is 1. The number of carbonyl (C=O) groups is 1. The molecule has 88 valence electrons. The van der Waals surface area contributed by atoms with Crippen LogP contribution in [0.15, 0.2) is 18.3 Å². The van der Waals surface area contributed by atoms with Crippen LogP contribution in [0.25, 0.3) is 0 Å². The minimum absolute atomic E-state index is 0.438. The molecule has 0 aliphatic carbocycles. The first-order chi connectivity index (χ1) is 7.74. The Morgan fingerprint density at radius 1 is 1.50 bits per heavy atom. The van der Waals surface area contributed by atoms with E-state index >= 15 is 0 Å². The van der Waals surface area contributed by atoms with E-state index in [1.165, 1.54) is 18.4 Å². The van der Waals surface area contributed by atoms with Crippen molar-refractivity contribution in [2.24, 2.45) is 5.73 Å². The van der Waals surface area contributed by atoms with E-state index in [4.69, 9.17) is 5.73 Å². The third-order valence-electron chi connectivity index (χ3n) is 2.13. The number of nitrogens with zero attached hydrogens (tertiary/aromatic N) is 1. The third-order valence-corrected chi connectivity index (χ3v) is 2.83. The van der Waals surface area contributed by atoms with Crippen LogP contribution < -0.4 is 11.1 Å². The Balaban J connectivity index is 2.29. The van der Waals surface area contributed by atoms with Gasteiger partial charge in [-0.05, 0) is 37.0 Å². The zero-order valence-corrected chi connectivity index (χ0v) is 10.2. The maximum Gasteiger partial charge on any atom is 0.250 e. The summed E-state index contributed by atoms with van der Waals surface area (Å²) in [6, 6.07) is 3.45. The number of nitrogens with one attached hydrogen (secondary N) is 1. The molecule has 3 N–H and O–H groups in total. The van der Waals surface area contributed by atoms with Crippen LogP contribution in [0.5, 0.6) is 0 Å². The summed E-state index contributed by atoms with van der Waals surface area (Å²) in [5, 5.41) is 3.20. The Morgan fingerprint density at radius 2 is 2.31 bits per heavy atom. The molecule has 5 heteroatoms. The predicted octanol–water partition coefficient (Wildman–Crippen LogP) is 1.74. The molecule has 16 heavy (non-hydrogen) atoms. The van der Waals surface area contributed by atoms with Crippen molar-refractivity contribution in [2.45, 2.75) is 12.8 Å². The molecule has 0 aromatic carbocycles. The summed E-state index contributed by atoms with van der Waals surface area (Å²) in [5.41, 5.74) is 5.56. The van der Waals surface area contributed by atoms with E-state index in [0.717, 1.165) is 18.8 Å². The molecule has 0 bridgehead atoms. The molecule has 0 saturated carbocycles. The Hall–Kier alpha value is -1.23. The van der Waals surface area contributed by atoms with Crippen molar-refractivity contribution < 1.29 is 4.79 Å². The fourth-order valence-corrected chi connectivity index (χ4v) is 1.72. The molecule has 1 aromatic heterocycles. The lowest BCUT2D eigenvalue weighted by atomic mass is 10.2. The summed E-state index contributed by atoms with van der Waals surface area (Å²) in [6.45, 7) is 0.906. The lowest BCUT2D eigenvalue weighted by Gasteiger charge is -2.05. The molecule has 1 heterocycles. The number of anilines is 1. The van der Waals surface area contributed by atoms with Gasteiger partial charge in [-0.2, -0.15) is 11.8 Å². The van der Waals surface area contributed by atoms with Crippen LogP contribution in [0.1, 0.15) is 23.2 Å². The Morgan fingerprint density at radius 3 is 2.88 bits per heavy atom. The minimum Gasteiger partial charge on any atom is -0.370 e. The summed E-state index contributed by atoms with van der Waals surface area (Å²) in [5.74, 6) is 1.53. The van der Waals surface area contributed by atoms with Crippen molar-refractivity contribution in [3.05, 3.63) is 23.9 Å². The lowest BCUT2D eigenvalue weighted by molar-refractivity contribution is 0.1000. The predicted molar refractivity (Wildman–Crippen MR) is 68.9 cm³/mol. The standard InChI is InChI=1S/C11H17N3OS/c1-16-7-3-2-6-13-10-5-4-9(8-14-10)11(12)15/h4-5,8H,2-3,6-7H2,1H3,(H2,12,15)(H,13,14). The molecule has 0 radical (unpaired) electrons. The van der Waals surface area contributed by atoms with Gasteiger partial charge in [-0.1, -0.05) is 0 Å². The van der Waals surface area contributed by atoms with Gasteiger partial charge in [0.15, 0.2) is 0 Å². The molecule has 0 aliphatic rings. The SMILES string of the molecule is CSCCCCNc1ccc(C(N)=O)cn1. The molecule has 0 atom stereocenters. The summed E-state index contributed by atoms with van der Waals surface area (Å²) < 4.78 is 0. The maximum absolute atomic E-state index is 10.8. The lowest BCUT2D eigenvalue weighted by Crippen LogP contribution is -2.11. The topological polar surface area (TPSA) is 68.0 Å². The van der Waals surface area contributed by atoms with Crippen molar-refractivity contribution >= 4 is 23.5 Å². The quantitative estimate of drug-likeness (QED) is 0.711. The van der Waals surface area contributed by atoms with Crippen LogP contribution in [0.2, 0.25) is 0 Å². The van der Waals surface area contributed by atoms with Crippen LogP contribution in [0.4, 0.5) is 5.82 Å². The summed E-state index contributed by atoms with van der Waals surface area (Å²) >= 11 is 1.86. The number of hydrogen-bond donors (Lipinski definition) is 2. The largest absolute Gasteiger partial charge is 0.370 e. The molecule has 0 unspecified atom stereocenters. The molecule has 0 saturated heterocycles. The highest BCUT2D eigenvalue weighted by molar-refractivity contribution is 7.98. The van der Waals surface area contributed by atoms with Gasteiger partial charge in [-0.25, -0.2) is 4.98 Å². The van der Waals surface area contributed by atoms with Crippen LogP contribution in [0, 0.1) is 0 Å². The molecular formula is C11H17N3OS. The molecular weight excluding hydrogens is 222 g/mol. The van der Waals surface area contributed by atoms with Crippen molar-refractivity contribution in [3.8, 4) is 0 Å². The fourth-order valence-electron chi connectivity index (χ4n) is 1.23. The second kappa shape index (κ2) is 7.11. The van der Waals surface area contributed by atoms with Crippen LogP contribution >= 0.6 is 11.8 Å². The first-order valence-electron chi connectivity index (χ1n) is 5.22. The molecule has 4 nitrogen and oxygen atoms in total. The number of thioether (sulfide) groups is 1. The normalized spacial score (nSPS) is 10.1. The van der Waals surface area contributed by atoms with Crippen molar-refractivity contribution in [1.29, 1.82) is 0 Å². The summed E-state index contributed by atoms with van der Waals surface area (Å²) in [7, 11) is 0. The van der Waals surface area contributed by atoms with Crippen LogP contribution in [-0.2, 0) is 0 Å². The number of hydrogen-bond acceptors (Lipinski definition) is 4. The van der Waals surface area contributed by atoms with E-state index in [-0.39, 0.29) is 0 Å². The number of unbranched alkanes of at least 4 members (excludes halogenated alkanes) is 1. The van der Waals surface area contributed by atoms with Crippen molar-refractivity contribution in [1.82, 2.24) is 4.98 Å². The van der Waals surface area contributed by atoms with Gasteiger partial charge in [0.1, 0.15) is 5.82 Å². The first-order valence-corrected chi connectivity index (χ1v) is 6.62. The summed E-state index contributed by atoms with van der Waals surface area (Å²) in [6.07, 6.45) is 5.93. The van der Waals surface area contributed by atoms with E-state index < -0.39 is 5.91 Å². The highest BCUT2D eigenvalue weighted by atomic mass is 32.2. The maximum atomic E-state index is 10.8. The second-order valence-corrected chi connectivity index (χ2v) is 4.41. The average Bonchev–Trinajstić information content (AvgIpc) is 2.29. The molecule has 0 fully saturated rings. The van der Waals surface area contributed by atoms with E-state index in [2.05, 4.69) is 16.6 Å². The first kappa shape index (κ1) is 12.8. The average molecular weight is 239 g/mol. The number of amides is 1. The minimum atomic E-state index is -0.445. The van der Waals surface area contributed by atoms with Crippen LogP contribution in [0.3, 0.4) is 0 Å². The smallest absolute Gasteiger partial charge is 0.250 e. The van der Waals surface area contributed by atoms with E-state index in [1.807, 2.05) is 11.8 Å². The Bertz CT molecular complexity index is 327. The monoisotopic (exact) mass is 239 g/mol. The van der Waals surface area contributed by atoms with Crippen molar-refractivity contribution in [2.75, 3.05) is 23.9 Å². The van der Waals surface area contributed by atoms with Gasteiger partial charge in [0, 0.05) is 12.7 Å². The molecule has 1 amide bonds. The van der Waals surface area contributed by atoms with Gasteiger partial charge in [-0.15, -0.1) is 0 Å². The van der Waals surface area contributed by atoms with E-state index in [0.29, 0.717) is 5.56 Å².